The van der Waals surface area contributed by atoms with Crippen LogP contribution in [-0.4, -0.2) is 0 Å². The Morgan fingerprint density at radius 2 is 1.46 bits per heavy atom. The van der Waals surface area contributed by atoms with Crippen LogP contribution in [0.3, 0.4) is 0 Å². The van der Waals surface area contributed by atoms with E-state index in [2.05, 4.69) is 0 Å². The molecule has 3 aromatic carbocycles. The molecule has 0 saturated carbocycles. The summed E-state index contributed by atoms with van der Waals surface area (Å²) in [6, 6.07) is 19.8. The minimum atomic E-state index is -4.41. The zero-order chi connectivity index (χ0) is 18.6. The van der Waals surface area contributed by atoms with Crippen molar-refractivity contribution in [2.75, 3.05) is 0 Å². The summed E-state index contributed by atoms with van der Waals surface area (Å²) in [4.78, 5) is 0. The first-order valence-electron chi connectivity index (χ1n) is 8.04. The molecule has 0 amide bonds. The van der Waals surface area contributed by atoms with Crippen LogP contribution < -0.4 is 9.47 Å². The van der Waals surface area contributed by atoms with Crippen LogP contribution in [0.1, 0.15) is 16.7 Å². The van der Waals surface area contributed by atoms with Gasteiger partial charge in [-0.2, -0.15) is 13.2 Å². The molecule has 0 aromatic heterocycles. The van der Waals surface area contributed by atoms with Crippen molar-refractivity contribution in [2.45, 2.75) is 19.7 Å². The Labute approximate surface area is 149 Å². The number of halogens is 3. The van der Waals surface area contributed by atoms with Gasteiger partial charge in [-0.1, -0.05) is 42.0 Å². The second-order valence-electron chi connectivity index (χ2n) is 5.83. The Morgan fingerprint density at radius 3 is 2.19 bits per heavy atom. The number of alkyl halides is 3. The molecule has 5 heteroatoms. The van der Waals surface area contributed by atoms with E-state index in [0.29, 0.717) is 17.2 Å². The quantitative estimate of drug-likeness (QED) is 0.526. The highest BCUT2D eigenvalue weighted by atomic mass is 19.4. The van der Waals surface area contributed by atoms with Crippen molar-refractivity contribution in [3.63, 3.8) is 0 Å². The summed E-state index contributed by atoms with van der Waals surface area (Å²) >= 11 is 0. The van der Waals surface area contributed by atoms with Gasteiger partial charge in [-0.3, -0.25) is 0 Å². The molecule has 26 heavy (non-hydrogen) atoms. The molecule has 2 nitrogen and oxygen atoms in total. The van der Waals surface area contributed by atoms with Gasteiger partial charge in [-0.15, -0.1) is 0 Å². The van der Waals surface area contributed by atoms with E-state index in [4.69, 9.17) is 9.47 Å². The summed E-state index contributed by atoms with van der Waals surface area (Å²) in [5.74, 6) is 1.66. The highest BCUT2D eigenvalue weighted by Gasteiger charge is 2.32. The van der Waals surface area contributed by atoms with Crippen molar-refractivity contribution in [1.29, 1.82) is 0 Å². The first-order valence-corrected chi connectivity index (χ1v) is 8.04. The van der Waals surface area contributed by atoms with Crippen LogP contribution in [0.5, 0.6) is 17.2 Å². The molecule has 0 heterocycles. The van der Waals surface area contributed by atoms with Gasteiger partial charge in [0.1, 0.15) is 23.9 Å². The highest BCUT2D eigenvalue weighted by Crippen LogP contribution is 2.32. The van der Waals surface area contributed by atoms with Crippen LogP contribution in [0.25, 0.3) is 0 Å². The van der Waals surface area contributed by atoms with Gasteiger partial charge in [0.15, 0.2) is 0 Å². The maximum atomic E-state index is 13.0. The smallest absolute Gasteiger partial charge is 0.416 e. The molecule has 0 aliphatic heterocycles. The van der Waals surface area contributed by atoms with E-state index in [0.717, 1.165) is 11.6 Å². The molecule has 0 radical (unpaired) electrons. The molecule has 0 unspecified atom stereocenters. The van der Waals surface area contributed by atoms with Gasteiger partial charge in [-0.05, 0) is 37.3 Å². The lowest BCUT2D eigenvalue weighted by Gasteiger charge is -2.14. The molecule has 0 atom stereocenters. The van der Waals surface area contributed by atoms with Crippen molar-refractivity contribution in [1.82, 2.24) is 0 Å². The van der Waals surface area contributed by atoms with E-state index < -0.39 is 11.7 Å². The van der Waals surface area contributed by atoms with E-state index in [9.17, 15) is 13.2 Å². The van der Waals surface area contributed by atoms with Crippen LogP contribution in [0.15, 0.2) is 72.8 Å². The van der Waals surface area contributed by atoms with Crippen LogP contribution in [-0.2, 0) is 12.8 Å². The minimum absolute atomic E-state index is 0.0878. The fourth-order valence-corrected chi connectivity index (χ4v) is 2.45. The third-order valence-corrected chi connectivity index (χ3v) is 3.78. The molecule has 3 aromatic rings. The number of ether oxygens (including phenoxy) is 2. The van der Waals surface area contributed by atoms with Crippen LogP contribution in [0.2, 0.25) is 0 Å². The topological polar surface area (TPSA) is 18.5 Å². The Balaban J connectivity index is 1.71. The maximum absolute atomic E-state index is 13.0. The molecule has 0 fully saturated rings. The van der Waals surface area contributed by atoms with Gasteiger partial charge in [-0.25, -0.2) is 0 Å². The average molecular weight is 358 g/mol. The number of benzene rings is 3. The molecule has 3 rings (SSSR count). The number of hydrogen-bond acceptors (Lipinski definition) is 2. The van der Waals surface area contributed by atoms with E-state index in [-0.39, 0.29) is 12.2 Å². The molecule has 0 aliphatic rings. The zero-order valence-corrected chi connectivity index (χ0v) is 14.1. The fraction of sp³-hybridized carbons (Fsp3) is 0.143. The highest BCUT2D eigenvalue weighted by molar-refractivity contribution is 5.38. The monoisotopic (exact) mass is 358 g/mol. The molecule has 0 spiro atoms. The average Bonchev–Trinajstić information content (AvgIpc) is 2.62. The Hall–Kier alpha value is -2.95. The molecule has 0 aliphatic carbocycles. The number of rotatable bonds is 5. The van der Waals surface area contributed by atoms with Crippen LogP contribution >= 0.6 is 0 Å². The maximum Gasteiger partial charge on any atom is 0.416 e. The van der Waals surface area contributed by atoms with Gasteiger partial charge in [0, 0.05) is 11.6 Å². The predicted molar refractivity (Wildman–Crippen MR) is 93.5 cm³/mol. The van der Waals surface area contributed by atoms with Crippen molar-refractivity contribution < 1.29 is 22.6 Å². The zero-order valence-electron chi connectivity index (χ0n) is 14.1. The summed E-state index contributed by atoms with van der Waals surface area (Å²) in [6.45, 7) is 1.81. The Kier molecular flexibility index (Phi) is 5.16. The first-order chi connectivity index (χ1) is 12.4. The van der Waals surface area contributed by atoms with Gasteiger partial charge in [0.05, 0.1) is 5.56 Å². The van der Waals surface area contributed by atoms with Crippen molar-refractivity contribution in [2.24, 2.45) is 0 Å². The molecule has 0 N–H and O–H groups in total. The van der Waals surface area contributed by atoms with Crippen LogP contribution in [0, 0.1) is 6.92 Å². The van der Waals surface area contributed by atoms with E-state index >= 15 is 0 Å². The normalized spacial score (nSPS) is 11.2. The predicted octanol–water partition coefficient (Wildman–Crippen LogP) is 6.39. The summed E-state index contributed by atoms with van der Waals surface area (Å²) < 4.78 is 50.4. The van der Waals surface area contributed by atoms with Gasteiger partial charge >= 0.3 is 6.18 Å². The third-order valence-electron chi connectivity index (χ3n) is 3.78. The van der Waals surface area contributed by atoms with E-state index in [1.54, 1.807) is 30.3 Å². The first kappa shape index (κ1) is 17.9. The number of aryl methyl sites for hydroxylation is 1. The molecular weight excluding hydrogens is 341 g/mol. The number of hydrogen-bond donors (Lipinski definition) is 0. The summed E-state index contributed by atoms with van der Waals surface area (Å²) in [7, 11) is 0. The molecular formula is C21H17F3O2. The SMILES string of the molecule is Cc1ccc(Oc2cccc(OCc3ccccc3C(F)(F)F)c2)cc1. The van der Waals surface area contributed by atoms with Crippen molar-refractivity contribution in [3.05, 3.63) is 89.5 Å². The second kappa shape index (κ2) is 7.52. The lowest BCUT2D eigenvalue weighted by molar-refractivity contribution is -0.138. The van der Waals surface area contributed by atoms with Gasteiger partial charge < -0.3 is 9.47 Å². The van der Waals surface area contributed by atoms with Crippen molar-refractivity contribution >= 4 is 0 Å². The summed E-state index contributed by atoms with van der Waals surface area (Å²) in [5.41, 5.74) is 0.523. The summed E-state index contributed by atoms with van der Waals surface area (Å²) in [6.07, 6.45) is -4.41. The van der Waals surface area contributed by atoms with Crippen LogP contribution in [0.4, 0.5) is 13.2 Å². The van der Waals surface area contributed by atoms with E-state index in [1.165, 1.54) is 12.1 Å². The minimum Gasteiger partial charge on any atom is -0.489 e. The van der Waals surface area contributed by atoms with E-state index in [1.807, 2.05) is 31.2 Å². The van der Waals surface area contributed by atoms with Crippen molar-refractivity contribution in [3.8, 4) is 17.2 Å². The fourth-order valence-electron chi connectivity index (χ4n) is 2.45. The molecule has 134 valence electrons. The van der Waals surface area contributed by atoms with Gasteiger partial charge in [0.25, 0.3) is 0 Å². The molecule has 0 saturated heterocycles. The Bertz CT molecular complexity index is 871. The molecule has 0 bridgehead atoms. The standard InChI is InChI=1S/C21H17F3O2/c1-15-9-11-17(12-10-15)26-19-7-4-6-18(13-19)25-14-16-5-2-3-8-20(16)21(22,23)24/h2-13H,14H2,1H3. The largest absolute Gasteiger partial charge is 0.489 e. The lowest BCUT2D eigenvalue weighted by atomic mass is 10.1. The summed E-state index contributed by atoms with van der Waals surface area (Å²) in [5, 5.41) is 0. The lowest BCUT2D eigenvalue weighted by Crippen LogP contribution is -2.10. The second-order valence-corrected chi connectivity index (χ2v) is 5.83. The third kappa shape index (κ3) is 4.57. The van der Waals surface area contributed by atoms with Gasteiger partial charge in [0.2, 0.25) is 0 Å². The Morgan fingerprint density at radius 1 is 0.769 bits per heavy atom.